The number of amides is 1. The van der Waals surface area contributed by atoms with E-state index < -0.39 is 0 Å². The first-order valence-electron chi connectivity index (χ1n) is 8.34. The molecule has 1 heterocycles. The summed E-state index contributed by atoms with van der Waals surface area (Å²) in [7, 11) is 0. The number of nitrogens with zero attached hydrogens (tertiary/aromatic N) is 1. The molecule has 3 rings (SSSR count). The molecule has 1 unspecified atom stereocenters. The summed E-state index contributed by atoms with van der Waals surface area (Å²) in [6.07, 6.45) is 0. The lowest BCUT2D eigenvalue weighted by atomic mass is 10.0. The van der Waals surface area contributed by atoms with Crippen LogP contribution in [0.3, 0.4) is 0 Å². The van der Waals surface area contributed by atoms with Crippen LogP contribution in [0.15, 0.2) is 48.5 Å². The third kappa shape index (κ3) is 5.17. The fourth-order valence-corrected chi connectivity index (χ4v) is 3.33. The Bertz CT molecular complexity index is 744. The van der Waals surface area contributed by atoms with Crippen LogP contribution < -0.4 is 10.6 Å². The standard InChI is InChI=1S/C19H21ClFN3O.ClH/c20-16-7-3-2-6-15(16)18-12-22-9-10-24(18)13-19(25)23-11-14-5-1-4-8-17(14)21;/h1-8,18,22H,9-13H2,(H,23,25);1H. The van der Waals surface area contributed by atoms with Gasteiger partial charge >= 0.3 is 0 Å². The Kier molecular flexibility index (Phi) is 7.85. The second-order valence-electron chi connectivity index (χ2n) is 6.08. The Hall–Kier alpha value is -1.66. The quantitative estimate of drug-likeness (QED) is 0.814. The van der Waals surface area contributed by atoms with Crippen molar-refractivity contribution in [3.8, 4) is 0 Å². The predicted octanol–water partition coefficient (Wildman–Crippen LogP) is 3.16. The third-order valence-electron chi connectivity index (χ3n) is 4.40. The Morgan fingerprint density at radius 2 is 1.96 bits per heavy atom. The Morgan fingerprint density at radius 1 is 1.23 bits per heavy atom. The first-order valence-corrected chi connectivity index (χ1v) is 8.72. The zero-order chi connectivity index (χ0) is 17.6. The van der Waals surface area contributed by atoms with Crippen molar-refractivity contribution in [2.45, 2.75) is 12.6 Å². The van der Waals surface area contributed by atoms with E-state index in [9.17, 15) is 9.18 Å². The molecule has 1 saturated heterocycles. The number of rotatable bonds is 5. The minimum absolute atomic E-state index is 0. The van der Waals surface area contributed by atoms with Crippen LogP contribution in [0, 0.1) is 5.82 Å². The molecule has 2 N–H and O–H groups in total. The summed E-state index contributed by atoms with van der Waals surface area (Å²) in [5, 5.41) is 6.85. The number of piperazine rings is 1. The van der Waals surface area contributed by atoms with Crippen molar-refractivity contribution in [2.24, 2.45) is 0 Å². The summed E-state index contributed by atoms with van der Waals surface area (Å²) in [4.78, 5) is 14.4. The second kappa shape index (κ2) is 9.88. The topological polar surface area (TPSA) is 44.4 Å². The molecular formula is C19H22Cl2FN3O. The molecule has 1 fully saturated rings. The van der Waals surface area contributed by atoms with Crippen LogP contribution in [0.5, 0.6) is 0 Å². The van der Waals surface area contributed by atoms with Crippen molar-refractivity contribution >= 4 is 29.9 Å². The van der Waals surface area contributed by atoms with Crippen molar-refractivity contribution in [3.05, 3.63) is 70.5 Å². The largest absolute Gasteiger partial charge is 0.351 e. The van der Waals surface area contributed by atoms with Crippen molar-refractivity contribution in [1.29, 1.82) is 0 Å². The Labute approximate surface area is 164 Å². The van der Waals surface area contributed by atoms with Gasteiger partial charge in [0.25, 0.3) is 0 Å². The number of carbonyl (C=O) groups excluding carboxylic acids is 1. The molecular weight excluding hydrogens is 376 g/mol. The fourth-order valence-electron chi connectivity index (χ4n) is 3.06. The normalized spacial score (nSPS) is 17.4. The maximum atomic E-state index is 13.6. The summed E-state index contributed by atoms with van der Waals surface area (Å²) < 4.78 is 13.6. The molecule has 1 aliphatic heterocycles. The van der Waals surface area contributed by atoms with E-state index in [1.807, 2.05) is 24.3 Å². The zero-order valence-corrected chi connectivity index (χ0v) is 15.8. The number of carbonyl (C=O) groups is 1. The van der Waals surface area contributed by atoms with Gasteiger partial charge in [-0.3, -0.25) is 9.69 Å². The average Bonchev–Trinajstić information content (AvgIpc) is 2.62. The molecule has 4 nitrogen and oxygen atoms in total. The molecule has 0 aliphatic carbocycles. The molecule has 1 aliphatic rings. The first kappa shape index (κ1) is 20.6. The van der Waals surface area contributed by atoms with Gasteiger partial charge in [-0.1, -0.05) is 48.0 Å². The third-order valence-corrected chi connectivity index (χ3v) is 4.74. The molecule has 2 aromatic rings. The van der Waals surface area contributed by atoms with Crippen LogP contribution in [-0.2, 0) is 11.3 Å². The van der Waals surface area contributed by atoms with Crippen LogP contribution in [0.4, 0.5) is 4.39 Å². The maximum absolute atomic E-state index is 13.6. The fraction of sp³-hybridized carbons (Fsp3) is 0.316. The van der Waals surface area contributed by atoms with E-state index in [-0.39, 0.29) is 43.3 Å². The number of benzene rings is 2. The summed E-state index contributed by atoms with van der Waals surface area (Å²) in [5.41, 5.74) is 1.50. The van der Waals surface area contributed by atoms with Crippen LogP contribution in [-0.4, -0.2) is 37.0 Å². The van der Waals surface area contributed by atoms with E-state index in [1.54, 1.807) is 18.2 Å². The summed E-state index contributed by atoms with van der Waals surface area (Å²) >= 11 is 6.32. The molecule has 26 heavy (non-hydrogen) atoms. The van der Waals surface area contributed by atoms with E-state index in [1.165, 1.54) is 6.07 Å². The van der Waals surface area contributed by atoms with Gasteiger partial charge in [0.1, 0.15) is 5.82 Å². The van der Waals surface area contributed by atoms with Gasteiger partial charge < -0.3 is 10.6 Å². The molecule has 1 amide bonds. The SMILES string of the molecule is Cl.O=C(CN1CCNCC1c1ccccc1Cl)NCc1ccccc1F. The van der Waals surface area contributed by atoms with Crippen LogP contribution in [0.25, 0.3) is 0 Å². The van der Waals surface area contributed by atoms with Crippen molar-refractivity contribution in [3.63, 3.8) is 0 Å². The lowest BCUT2D eigenvalue weighted by Crippen LogP contribution is -2.49. The molecule has 0 saturated carbocycles. The van der Waals surface area contributed by atoms with Gasteiger partial charge in [0.2, 0.25) is 5.91 Å². The van der Waals surface area contributed by atoms with Gasteiger partial charge in [-0.05, 0) is 17.7 Å². The second-order valence-corrected chi connectivity index (χ2v) is 6.49. The van der Waals surface area contributed by atoms with Gasteiger partial charge in [0.15, 0.2) is 0 Å². The molecule has 0 bridgehead atoms. The summed E-state index contributed by atoms with van der Waals surface area (Å²) in [5.74, 6) is -0.430. The zero-order valence-electron chi connectivity index (χ0n) is 14.3. The Balaban J connectivity index is 0.00000243. The van der Waals surface area contributed by atoms with Crippen molar-refractivity contribution < 1.29 is 9.18 Å². The van der Waals surface area contributed by atoms with Crippen LogP contribution in [0.1, 0.15) is 17.2 Å². The Morgan fingerprint density at radius 3 is 2.73 bits per heavy atom. The van der Waals surface area contributed by atoms with E-state index >= 15 is 0 Å². The first-order chi connectivity index (χ1) is 12.1. The van der Waals surface area contributed by atoms with E-state index in [4.69, 9.17) is 11.6 Å². The monoisotopic (exact) mass is 397 g/mol. The van der Waals surface area contributed by atoms with Crippen LogP contribution >= 0.6 is 24.0 Å². The number of nitrogens with one attached hydrogen (secondary N) is 2. The highest BCUT2D eigenvalue weighted by molar-refractivity contribution is 6.31. The van der Waals surface area contributed by atoms with Gasteiger partial charge in [0, 0.05) is 42.8 Å². The highest BCUT2D eigenvalue weighted by Gasteiger charge is 2.26. The highest BCUT2D eigenvalue weighted by Crippen LogP contribution is 2.28. The lowest BCUT2D eigenvalue weighted by Gasteiger charge is -2.36. The van der Waals surface area contributed by atoms with Crippen LogP contribution in [0.2, 0.25) is 5.02 Å². The molecule has 1 atom stereocenters. The molecule has 0 spiro atoms. The highest BCUT2D eigenvalue weighted by atomic mass is 35.5. The maximum Gasteiger partial charge on any atom is 0.234 e. The predicted molar refractivity (Wildman–Crippen MR) is 104 cm³/mol. The van der Waals surface area contributed by atoms with Gasteiger partial charge in [-0.15, -0.1) is 12.4 Å². The van der Waals surface area contributed by atoms with Gasteiger partial charge in [-0.2, -0.15) is 0 Å². The smallest absolute Gasteiger partial charge is 0.234 e. The molecule has 140 valence electrons. The van der Waals surface area contributed by atoms with Crippen molar-refractivity contribution in [2.75, 3.05) is 26.2 Å². The number of hydrogen-bond donors (Lipinski definition) is 2. The number of halogens is 3. The molecule has 2 aromatic carbocycles. The average molecular weight is 398 g/mol. The summed E-state index contributed by atoms with van der Waals surface area (Å²) in [6.45, 7) is 2.76. The lowest BCUT2D eigenvalue weighted by molar-refractivity contribution is -0.123. The summed E-state index contributed by atoms with van der Waals surface area (Å²) in [6, 6.07) is 14.2. The number of hydrogen-bond acceptors (Lipinski definition) is 3. The van der Waals surface area contributed by atoms with E-state index in [0.717, 1.165) is 25.2 Å². The minimum atomic E-state index is -0.307. The van der Waals surface area contributed by atoms with E-state index in [0.29, 0.717) is 10.6 Å². The minimum Gasteiger partial charge on any atom is -0.351 e. The molecule has 0 radical (unpaired) electrons. The van der Waals surface area contributed by atoms with Gasteiger partial charge in [0.05, 0.1) is 6.54 Å². The van der Waals surface area contributed by atoms with Gasteiger partial charge in [-0.25, -0.2) is 4.39 Å². The molecule has 7 heteroatoms. The van der Waals surface area contributed by atoms with Crippen molar-refractivity contribution in [1.82, 2.24) is 15.5 Å². The van der Waals surface area contributed by atoms with E-state index in [2.05, 4.69) is 15.5 Å². The molecule has 0 aromatic heterocycles.